The minimum absolute atomic E-state index is 0.000463. The van der Waals surface area contributed by atoms with Crippen LogP contribution in [-0.2, 0) is 0 Å². The molecule has 0 saturated heterocycles. The molecule has 0 aromatic heterocycles. The molecule has 0 saturated carbocycles. The van der Waals surface area contributed by atoms with E-state index in [1.807, 2.05) is 6.07 Å². The van der Waals surface area contributed by atoms with Crippen molar-refractivity contribution >= 4 is 17.2 Å². The largest absolute Gasteiger partial charge is 0.382 e. The van der Waals surface area contributed by atoms with E-state index in [-0.39, 0.29) is 22.5 Å². The maximum absolute atomic E-state index is 13.8. The lowest BCUT2D eigenvalue weighted by atomic mass is 10.1. The predicted octanol–water partition coefficient (Wildman–Crippen LogP) is 1.23. The van der Waals surface area contributed by atoms with Gasteiger partial charge in [-0.3, -0.25) is 10.8 Å². The number of anilines is 1. The summed E-state index contributed by atoms with van der Waals surface area (Å²) in [5, 5.41) is 27.8. The summed E-state index contributed by atoms with van der Waals surface area (Å²) in [7, 11) is 0. The Kier molecular flexibility index (Phi) is 3.95. The van der Waals surface area contributed by atoms with Crippen LogP contribution in [0.4, 0.5) is 10.1 Å². The van der Waals surface area contributed by atoms with Gasteiger partial charge in [0.15, 0.2) is 11.7 Å². The molecule has 0 aliphatic heterocycles. The van der Waals surface area contributed by atoms with E-state index < -0.39 is 11.7 Å². The van der Waals surface area contributed by atoms with Crippen LogP contribution in [0.2, 0.25) is 0 Å². The fourth-order valence-corrected chi connectivity index (χ4v) is 1.15. The summed E-state index contributed by atoms with van der Waals surface area (Å²) >= 11 is 0. The normalized spacial score (nSPS) is 10.3. The molecule has 1 aromatic carbocycles. The molecule has 18 heavy (non-hydrogen) atoms. The van der Waals surface area contributed by atoms with Crippen LogP contribution in [0.3, 0.4) is 0 Å². The van der Waals surface area contributed by atoms with Crippen molar-refractivity contribution in [3.63, 3.8) is 0 Å². The van der Waals surface area contributed by atoms with Crippen molar-refractivity contribution in [2.24, 2.45) is 10.8 Å². The van der Waals surface area contributed by atoms with Gasteiger partial charge in [0.25, 0.3) is 0 Å². The Morgan fingerprint density at radius 3 is 2.67 bits per heavy atom. The lowest BCUT2D eigenvalue weighted by Crippen LogP contribution is -2.22. The molecule has 0 heterocycles. The van der Waals surface area contributed by atoms with E-state index in [1.54, 1.807) is 6.07 Å². The Morgan fingerprint density at radius 1 is 1.50 bits per heavy atom. The number of hydrazone groups is 1. The zero-order chi connectivity index (χ0) is 13.7. The van der Waals surface area contributed by atoms with Crippen LogP contribution < -0.4 is 11.2 Å². The van der Waals surface area contributed by atoms with Gasteiger partial charge in [0.2, 0.25) is 5.71 Å². The number of halogens is 1. The minimum atomic E-state index is -0.640. The molecule has 0 fully saturated rings. The van der Waals surface area contributed by atoms with Crippen molar-refractivity contribution in [1.82, 2.24) is 0 Å². The van der Waals surface area contributed by atoms with Gasteiger partial charge < -0.3 is 5.73 Å². The van der Waals surface area contributed by atoms with Gasteiger partial charge in [-0.05, 0) is 19.1 Å². The molecule has 0 aliphatic carbocycles. The maximum atomic E-state index is 13.8. The number of nitriles is 2. The number of rotatable bonds is 3. The first-order valence-corrected chi connectivity index (χ1v) is 4.78. The molecule has 0 atom stereocenters. The fourth-order valence-electron chi connectivity index (χ4n) is 1.15. The average molecular weight is 244 g/mol. The zero-order valence-corrected chi connectivity index (χ0v) is 9.45. The number of amidine groups is 1. The van der Waals surface area contributed by atoms with E-state index in [4.69, 9.17) is 21.7 Å². The Morgan fingerprint density at radius 2 is 2.17 bits per heavy atom. The summed E-state index contributed by atoms with van der Waals surface area (Å²) < 4.78 is 13.8. The second-order valence-electron chi connectivity index (χ2n) is 3.31. The third-order valence-electron chi connectivity index (χ3n) is 2.16. The highest BCUT2D eigenvalue weighted by Gasteiger charge is 2.09. The monoisotopic (exact) mass is 244 g/mol. The Labute approximate surface area is 103 Å². The van der Waals surface area contributed by atoms with Crippen molar-refractivity contribution < 1.29 is 4.39 Å². The maximum Gasteiger partial charge on any atom is 0.201 e. The van der Waals surface area contributed by atoms with Crippen LogP contribution in [0.1, 0.15) is 11.1 Å². The quantitative estimate of drug-likeness (QED) is 0.420. The van der Waals surface area contributed by atoms with Crippen LogP contribution in [-0.4, -0.2) is 11.5 Å². The summed E-state index contributed by atoms with van der Waals surface area (Å²) in [6.07, 6.45) is 0. The highest BCUT2D eigenvalue weighted by atomic mass is 19.1. The van der Waals surface area contributed by atoms with Gasteiger partial charge in [0, 0.05) is 5.56 Å². The van der Waals surface area contributed by atoms with Gasteiger partial charge in [-0.15, -0.1) is 0 Å². The van der Waals surface area contributed by atoms with E-state index >= 15 is 0 Å². The predicted molar refractivity (Wildman–Crippen MR) is 64.4 cm³/mol. The molecule has 0 radical (unpaired) electrons. The lowest BCUT2D eigenvalue weighted by Gasteiger charge is -2.06. The summed E-state index contributed by atoms with van der Waals surface area (Å²) in [5.74, 6) is -1.16. The zero-order valence-electron chi connectivity index (χ0n) is 9.45. The summed E-state index contributed by atoms with van der Waals surface area (Å²) in [6.45, 7) is 1.46. The van der Waals surface area contributed by atoms with Crippen LogP contribution in [0, 0.1) is 40.8 Å². The second kappa shape index (κ2) is 5.41. The van der Waals surface area contributed by atoms with Crippen molar-refractivity contribution in [1.29, 1.82) is 15.9 Å². The molecule has 0 spiro atoms. The van der Waals surface area contributed by atoms with Crippen LogP contribution >= 0.6 is 0 Å². The third-order valence-corrected chi connectivity index (χ3v) is 2.16. The van der Waals surface area contributed by atoms with Crippen LogP contribution in [0.5, 0.6) is 0 Å². The molecule has 4 N–H and O–H groups in total. The minimum Gasteiger partial charge on any atom is -0.382 e. The number of nitrogens with zero attached hydrogens (tertiary/aromatic N) is 3. The molecule has 1 aromatic rings. The standard InChI is InChI=1S/C11H9FN6/c1-6-7(4-13)2-3-8(10(6)12)17-18-9(5-14)11(15)16/h2-3,17H,1H3,(H3,15,16)/b18-9+. The first-order valence-electron chi connectivity index (χ1n) is 4.78. The van der Waals surface area contributed by atoms with Crippen LogP contribution in [0.25, 0.3) is 0 Å². The molecule has 7 heteroatoms. The second-order valence-corrected chi connectivity index (χ2v) is 3.31. The molecule has 0 amide bonds. The summed E-state index contributed by atoms with van der Waals surface area (Å²) in [4.78, 5) is 0. The van der Waals surface area contributed by atoms with Gasteiger partial charge in [-0.25, -0.2) is 4.39 Å². The van der Waals surface area contributed by atoms with E-state index in [9.17, 15) is 4.39 Å². The Hall–Kier alpha value is -2.93. The molecule has 0 unspecified atom stereocenters. The molecule has 6 nitrogen and oxygen atoms in total. The van der Waals surface area contributed by atoms with Gasteiger partial charge in [0.1, 0.15) is 6.07 Å². The summed E-state index contributed by atoms with van der Waals surface area (Å²) in [6, 6.07) is 6.18. The van der Waals surface area contributed by atoms with Gasteiger partial charge >= 0.3 is 0 Å². The van der Waals surface area contributed by atoms with Crippen molar-refractivity contribution in [3.05, 3.63) is 29.1 Å². The molecule has 0 bridgehead atoms. The molecule has 0 aliphatic rings. The first kappa shape index (κ1) is 13.1. The Balaban J connectivity index is 3.09. The lowest BCUT2D eigenvalue weighted by molar-refractivity contribution is 0.621. The first-order chi connectivity index (χ1) is 8.51. The van der Waals surface area contributed by atoms with Crippen molar-refractivity contribution in [2.75, 3.05) is 5.43 Å². The smallest absolute Gasteiger partial charge is 0.201 e. The summed E-state index contributed by atoms with van der Waals surface area (Å²) in [5.41, 5.74) is 7.42. The molecular weight excluding hydrogens is 235 g/mol. The topological polar surface area (TPSA) is 122 Å². The van der Waals surface area contributed by atoms with Crippen molar-refractivity contribution in [2.45, 2.75) is 6.92 Å². The molecule has 1 rings (SSSR count). The van der Waals surface area contributed by atoms with Crippen LogP contribution in [0.15, 0.2) is 17.2 Å². The third kappa shape index (κ3) is 2.60. The number of benzene rings is 1. The van der Waals surface area contributed by atoms with Gasteiger partial charge in [-0.1, -0.05) is 0 Å². The van der Waals surface area contributed by atoms with Gasteiger partial charge in [-0.2, -0.15) is 15.6 Å². The van der Waals surface area contributed by atoms with E-state index in [0.717, 1.165) is 0 Å². The van der Waals surface area contributed by atoms with E-state index in [2.05, 4.69) is 10.5 Å². The number of hydrogen-bond donors (Lipinski definition) is 3. The Bertz CT molecular complexity index is 605. The van der Waals surface area contributed by atoms with E-state index in [0.29, 0.717) is 0 Å². The SMILES string of the molecule is Cc1c(C#N)ccc(N/N=C(\C#N)C(=N)N)c1F. The number of nitrogens with one attached hydrogen (secondary N) is 2. The fraction of sp³-hybridized carbons (Fsp3) is 0.0909. The highest BCUT2D eigenvalue weighted by Crippen LogP contribution is 2.20. The molecule has 90 valence electrons. The van der Waals surface area contributed by atoms with E-state index in [1.165, 1.54) is 19.1 Å². The number of hydrogen-bond acceptors (Lipinski definition) is 5. The highest BCUT2D eigenvalue weighted by molar-refractivity contribution is 6.45. The molecular formula is C11H9FN6. The van der Waals surface area contributed by atoms with Crippen molar-refractivity contribution in [3.8, 4) is 12.1 Å². The average Bonchev–Trinajstić information content (AvgIpc) is 2.34. The number of nitrogens with two attached hydrogens (primary N) is 1. The van der Waals surface area contributed by atoms with Gasteiger partial charge in [0.05, 0.1) is 17.3 Å².